The summed E-state index contributed by atoms with van der Waals surface area (Å²) < 4.78 is 11.0. The second-order valence-corrected chi connectivity index (χ2v) is 5.30. The van der Waals surface area contributed by atoms with Gasteiger partial charge in [0, 0.05) is 5.69 Å². The third-order valence-corrected chi connectivity index (χ3v) is 3.37. The highest BCUT2D eigenvalue weighted by atomic mass is 16.5. The monoisotopic (exact) mass is 285 g/mol. The number of anilines is 1. The molecule has 0 spiro atoms. The van der Waals surface area contributed by atoms with Crippen LogP contribution in [0.15, 0.2) is 42.5 Å². The average molecular weight is 285 g/mol. The predicted molar refractivity (Wildman–Crippen MR) is 87.5 cm³/mol. The van der Waals surface area contributed by atoms with Crippen LogP contribution in [0.2, 0.25) is 0 Å². The molecule has 0 heterocycles. The van der Waals surface area contributed by atoms with Crippen molar-refractivity contribution >= 4 is 5.69 Å². The van der Waals surface area contributed by atoms with Crippen LogP contribution in [0.4, 0.5) is 5.69 Å². The molecule has 0 aromatic heterocycles. The molecule has 3 heteroatoms. The smallest absolute Gasteiger partial charge is 0.120 e. The van der Waals surface area contributed by atoms with Crippen LogP contribution in [0, 0.1) is 13.8 Å². The number of benzene rings is 2. The first kappa shape index (κ1) is 15.2. The highest BCUT2D eigenvalue weighted by Gasteiger charge is 2.05. The van der Waals surface area contributed by atoms with E-state index in [0.29, 0.717) is 0 Å². The molecule has 21 heavy (non-hydrogen) atoms. The highest BCUT2D eigenvalue weighted by molar-refractivity contribution is 5.52. The largest absolute Gasteiger partial charge is 0.497 e. The Hall–Kier alpha value is -2.16. The van der Waals surface area contributed by atoms with Crippen molar-refractivity contribution in [1.29, 1.82) is 0 Å². The van der Waals surface area contributed by atoms with Crippen molar-refractivity contribution in [2.24, 2.45) is 0 Å². The van der Waals surface area contributed by atoms with Gasteiger partial charge in [0.1, 0.15) is 17.6 Å². The lowest BCUT2D eigenvalue weighted by molar-refractivity contribution is 0.234. The van der Waals surface area contributed by atoms with E-state index in [0.717, 1.165) is 18.0 Å². The topological polar surface area (TPSA) is 30.5 Å². The summed E-state index contributed by atoms with van der Waals surface area (Å²) in [6, 6.07) is 14.1. The van der Waals surface area contributed by atoms with E-state index in [2.05, 4.69) is 44.3 Å². The van der Waals surface area contributed by atoms with Gasteiger partial charge < -0.3 is 14.8 Å². The molecule has 112 valence electrons. The van der Waals surface area contributed by atoms with Crippen molar-refractivity contribution in [3.8, 4) is 11.5 Å². The molecule has 0 radical (unpaired) electrons. The summed E-state index contributed by atoms with van der Waals surface area (Å²) in [5.41, 5.74) is 3.67. The van der Waals surface area contributed by atoms with Gasteiger partial charge in [0.2, 0.25) is 0 Å². The van der Waals surface area contributed by atoms with Crippen molar-refractivity contribution in [3.63, 3.8) is 0 Å². The van der Waals surface area contributed by atoms with Gasteiger partial charge in [0.15, 0.2) is 0 Å². The SMILES string of the molecule is COc1ccc(O[C@@H](C)CNc2cc(C)ccc2C)cc1. The fraction of sp³-hybridized carbons (Fsp3) is 0.333. The minimum Gasteiger partial charge on any atom is -0.497 e. The third kappa shape index (κ3) is 4.42. The van der Waals surface area contributed by atoms with Gasteiger partial charge in [-0.2, -0.15) is 0 Å². The first-order valence-electron chi connectivity index (χ1n) is 7.20. The molecule has 0 unspecified atom stereocenters. The van der Waals surface area contributed by atoms with Gasteiger partial charge in [-0.05, 0) is 62.2 Å². The van der Waals surface area contributed by atoms with E-state index in [1.807, 2.05) is 24.3 Å². The molecule has 2 rings (SSSR count). The van der Waals surface area contributed by atoms with Crippen molar-refractivity contribution in [3.05, 3.63) is 53.6 Å². The first-order chi connectivity index (χ1) is 10.1. The van der Waals surface area contributed by atoms with Crippen LogP contribution in [0.1, 0.15) is 18.1 Å². The number of aryl methyl sites for hydroxylation is 2. The van der Waals surface area contributed by atoms with E-state index < -0.39 is 0 Å². The van der Waals surface area contributed by atoms with Crippen molar-refractivity contribution in [2.75, 3.05) is 19.0 Å². The molecule has 0 saturated carbocycles. The lowest BCUT2D eigenvalue weighted by Gasteiger charge is -2.17. The summed E-state index contributed by atoms with van der Waals surface area (Å²) in [5.74, 6) is 1.69. The predicted octanol–water partition coefficient (Wildman–Crippen LogP) is 4.19. The van der Waals surface area contributed by atoms with Gasteiger partial charge in [0.25, 0.3) is 0 Å². The Balaban J connectivity index is 1.89. The Bertz CT molecular complexity index is 578. The molecular formula is C18H23NO2. The van der Waals surface area contributed by atoms with Crippen LogP contribution in [-0.4, -0.2) is 19.8 Å². The molecule has 0 amide bonds. The Morgan fingerprint density at radius 1 is 1.00 bits per heavy atom. The zero-order valence-electron chi connectivity index (χ0n) is 13.1. The molecule has 3 nitrogen and oxygen atoms in total. The second kappa shape index (κ2) is 7.02. The maximum Gasteiger partial charge on any atom is 0.120 e. The quantitative estimate of drug-likeness (QED) is 0.863. The van der Waals surface area contributed by atoms with E-state index in [9.17, 15) is 0 Å². The fourth-order valence-corrected chi connectivity index (χ4v) is 2.11. The number of methoxy groups -OCH3 is 1. The lowest BCUT2D eigenvalue weighted by Crippen LogP contribution is -2.23. The van der Waals surface area contributed by atoms with Crippen molar-refractivity contribution < 1.29 is 9.47 Å². The Labute approximate surface area is 126 Å². The molecule has 0 bridgehead atoms. The van der Waals surface area contributed by atoms with Crippen LogP contribution < -0.4 is 14.8 Å². The third-order valence-electron chi connectivity index (χ3n) is 3.37. The van der Waals surface area contributed by atoms with Crippen LogP contribution in [0.5, 0.6) is 11.5 Å². The zero-order valence-corrected chi connectivity index (χ0v) is 13.1. The summed E-state index contributed by atoms with van der Waals surface area (Å²) in [5, 5.41) is 3.45. The van der Waals surface area contributed by atoms with Gasteiger partial charge in [0.05, 0.1) is 13.7 Å². The van der Waals surface area contributed by atoms with Gasteiger partial charge >= 0.3 is 0 Å². The number of hydrogen-bond donors (Lipinski definition) is 1. The van der Waals surface area contributed by atoms with Crippen LogP contribution in [0.25, 0.3) is 0 Å². The van der Waals surface area contributed by atoms with Crippen LogP contribution >= 0.6 is 0 Å². The van der Waals surface area contributed by atoms with E-state index >= 15 is 0 Å². The van der Waals surface area contributed by atoms with E-state index in [1.54, 1.807) is 7.11 Å². The minimum atomic E-state index is 0.0818. The summed E-state index contributed by atoms with van der Waals surface area (Å²) >= 11 is 0. The maximum atomic E-state index is 5.89. The number of nitrogens with one attached hydrogen (secondary N) is 1. The molecule has 0 saturated heterocycles. The average Bonchev–Trinajstić information content (AvgIpc) is 2.49. The lowest BCUT2D eigenvalue weighted by atomic mass is 10.1. The molecular weight excluding hydrogens is 262 g/mol. The van der Waals surface area contributed by atoms with Crippen LogP contribution in [-0.2, 0) is 0 Å². The van der Waals surface area contributed by atoms with Gasteiger partial charge in [-0.1, -0.05) is 12.1 Å². The van der Waals surface area contributed by atoms with Crippen LogP contribution in [0.3, 0.4) is 0 Å². The van der Waals surface area contributed by atoms with E-state index in [1.165, 1.54) is 16.8 Å². The number of hydrogen-bond acceptors (Lipinski definition) is 3. The minimum absolute atomic E-state index is 0.0818. The maximum absolute atomic E-state index is 5.89. The van der Waals surface area contributed by atoms with Gasteiger partial charge in [-0.3, -0.25) is 0 Å². The van der Waals surface area contributed by atoms with Crippen molar-refractivity contribution in [1.82, 2.24) is 0 Å². The standard InChI is InChI=1S/C18H23NO2/c1-13-5-6-14(2)18(11-13)19-12-15(3)21-17-9-7-16(20-4)8-10-17/h5-11,15,19H,12H2,1-4H3/t15-/m0/s1. The molecule has 1 N–H and O–H groups in total. The summed E-state index contributed by atoms with van der Waals surface area (Å²) in [4.78, 5) is 0. The molecule has 0 aliphatic carbocycles. The molecule has 0 fully saturated rings. The van der Waals surface area contributed by atoms with Gasteiger partial charge in [-0.25, -0.2) is 0 Å². The highest BCUT2D eigenvalue weighted by Crippen LogP contribution is 2.19. The Kier molecular flexibility index (Phi) is 5.09. The molecule has 0 aliphatic rings. The fourth-order valence-electron chi connectivity index (χ4n) is 2.11. The second-order valence-electron chi connectivity index (χ2n) is 5.30. The molecule has 1 atom stereocenters. The summed E-state index contributed by atoms with van der Waals surface area (Å²) in [6.45, 7) is 7.03. The van der Waals surface area contributed by atoms with E-state index in [-0.39, 0.29) is 6.10 Å². The Morgan fingerprint density at radius 3 is 2.33 bits per heavy atom. The summed E-state index contributed by atoms with van der Waals surface area (Å²) in [6.07, 6.45) is 0.0818. The molecule has 2 aromatic rings. The van der Waals surface area contributed by atoms with Crippen molar-refractivity contribution in [2.45, 2.75) is 26.9 Å². The van der Waals surface area contributed by atoms with E-state index in [4.69, 9.17) is 9.47 Å². The number of rotatable bonds is 6. The summed E-state index contributed by atoms with van der Waals surface area (Å²) in [7, 11) is 1.66. The van der Waals surface area contributed by atoms with Gasteiger partial charge in [-0.15, -0.1) is 0 Å². The molecule has 2 aromatic carbocycles. The Morgan fingerprint density at radius 2 is 1.67 bits per heavy atom. The first-order valence-corrected chi connectivity index (χ1v) is 7.20. The zero-order chi connectivity index (χ0) is 15.2. The normalized spacial score (nSPS) is 11.8. The number of ether oxygens (including phenoxy) is 2. The molecule has 0 aliphatic heterocycles.